The summed E-state index contributed by atoms with van der Waals surface area (Å²) in [6.07, 6.45) is 2.01. The minimum atomic E-state index is -0.0645. The van der Waals surface area contributed by atoms with E-state index in [0.717, 1.165) is 29.4 Å². The normalized spacial score (nSPS) is 17.3. The number of aromatic nitrogens is 1. The van der Waals surface area contributed by atoms with Gasteiger partial charge in [0.1, 0.15) is 11.1 Å². The number of carbonyl (C=O) groups excluding carboxylic acids is 1. The molecule has 23 heavy (non-hydrogen) atoms. The van der Waals surface area contributed by atoms with Gasteiger partial charge in [0, 0.05) is 31.2 Å². The van der Waals surface area contributed by atoms with Crippen LogP contribution in [0.2, 0.25) is 0 Å². The van der Waals surface area contributed by atoms with Crippen molar-refractivity contribution >= 4 is 23.5 Å². The molecule has 0 radical (unpaired) electrons. The molecule has 5 nitrogen and oxygen atoms in total. The molecule has 2 aromatic rings. The number of carbonyl (C=O) groups is 1. The standard InChI is InChI=1S/C17H21N3O2S/c1-3-22-14-8-6-13(7-9-14)18-17(21)20-11-12-23-16(20)15-5-4-10-19(15)2/h4-10,16H,3,11-12H2,1-2H3,(H,18,21)/t16-/m0/s1. The molecule has 2 amide bonds. The Labute approximate surface area is 140 Å². The van der Waals surface area contributed by atoms with Gasteiger partial charge in [0.25, 0.3) is 0 Å². The minimum absolute atomic E-state index is 0.0645. The number of hydrogen-bond acceptors (Lipinski definition) is 3. The first-order chi connectivity index (χ1) is 11.2. The highest BCUT2D eigenvalue weighted by Gasteiger charge is 2.32. The average molecular weight is 331 g/mol. The summed E-state index contributed by atoms with van der Waals surface area (Å²) in [6.45, 7) is 3.34. The molecule has 0 bridgehead atoms. The maximum Gasteiger partial charge on any atom is 0.323 e. The molecular formula is C17H21N3O2S. The zero-order valence-electron chi connectivity index (χ0n) is 13.4. The first kappa shape index (κ1) is 15.8. The van der Waals surface area contributed by atoms with Gasteiger partial charge in [0.2, 0.25) is 0 Å². The number of ether oxygens (including phenoxy) is 1. The number of aryl methyl sites for hydroxylation is 1. The van der Waals surface area contributed by atoms with Gasteiger partial charge in [-0.05, 0) is 43.3 Å². The van der Waals surface area contributed by atoms with Crippen molar-refractivity contribution in [3.8, 4) is 5.75 Å². The number of nitrogens with zero attached hydrogens (tertiary/aromatic N) is 2. The van der Waals surface area contributed by atoms with Gasteiger partial charge in [-0.15, -0.1) is 11.8 Å². The Morgan fingerprint density at radius 2 is 2.13 bits per heavy atom. The van der Waals surface area contributed by atoms with Crippen LogP contribution >= 0.6 is 11.8 Å². The fourth-order valence-corrected chi connectivity index (χ4v) is 3.97. The summed E-state index contributed by atoms with van der Waals surface area (Å²) in [7, 11) is 2.01. The van der Waals surface area contributed by atoms with E-state index < -0.39 is 0 Å². The largest absolute Gasteiger partial charge is 0.494 e. The lowest BCUT2D eigenvalue weighted by molar-refractivity contribution is 0.213. The highest BCUT2D eigenvalue weighted by Crippen LogP contribution is 2.38. The van der Waals surface area contributed by atoms with Crippen LogP contribution in [0.4, 0.5) is 10.5 Å². The molecule has 0 unspecified atom stereocenters. The van der Waals surface area contributed by atoms with Crippen molar-refractivity contribution < 1.29 is 9.53 Å². The third-order valence-corrected chi connectivity index (χ3v) is 5.04. The number of amides is 2. The van der Waals surface area contributed by atoms with Crippen molar-refractivity contribution in [2.24, 2.45) is 7.05 Å². The van der Waals surface area contributed by atoms with Gasteiger partial charge >= 0.3 is 6.03 Å². The number of urea groups is 1. The summed E-state index contributed by atoms with van der Waals surface area (Å²) >= 11 is 1.79. The van der Waals surface area contributed by atoms with E-state index in [2.05, 4.69) is 16.0 Å². The minimum Gasteiger partial charge on any atom is -0.494 e. The molecule has 3 rings (SSSR count). The lowest BCUT2D eigenvalue weighted by Crippen LogP contribution is -2.34. The van der Waals surface area contributed by atoms with Gasteiger partial charge in [-0.2, -0.15) is 0 Å². The van der Waals surface area contributed by atoms with Crippen molar-refractivity contribution in [1.29, 1.82) is 0 Å². The number of rotatable bonds is 4. The predicted octanol–water partition coefficient (Wildman–Crippen LogP) is 3.70. The van der Waals surface area contributed by atoms with Crippen LogP contribution in [-0.2, 0) is 7.05 Å². The maximum atomic E-state index is 12.6. The second-order valence-electron chi connectivity index (χ2n) is 5.35. The molecule has 2 heterocycles. The molecule has 0 aliphatic carbocycles. The number of benzene rings is 1. The molecule has 1 aliphatic heterocycles. The summed E-state index contributed by atoms with van der Waals surface area (Å²) < 4.78 is 7.49. The van der Waals surface area contributed by atoms with Crippen LogP contribution in [0.15, 0.2) is 42.6 Å². The topological polar surface area (TPSA) is 46.5 Å². The highest BCUT2D eigenvalue weighted by atomic mass is 32.2. The van der Waals surface area contributed by atoms with Crippen LogP contribution in [0, 0.1) is 0 Å². The first-order valence-corrected chi connectivity index (χ1v) is 8.77. The Bertz CT molecular complexity index is 669. The van der Waals surface area contributed by atoms with Crippen LogP contribution in [0.25, 0.3) is 0 Å². The van der Waals surface area contributed by atoms with E-state index >= 15 is 0 Å². The third-order valence-electron chi connectivity index (χ3n) is 3.81. The molecule has 122 valence electrons. The second kappa shape index (κ2) is 7.00. The molecule has 1 aromatic heterocycles. The Balaban J connectivity index is 1.68. The van der Waals surface area contributed by atoms with Crippen LogP contribution in [-0.4, -0.2) is 34.4 Å². The molecule has 1 atom stereocenters. The van der Waals surface area contributed by atoms with Gasteiger partial charge < -0.3 is 19.5 Å². The van der Waals surface area contributed by atoms with Gasteiger partial charge in [-0.25, -0.2) is 4.79 Å². The Hall–Kier alpha value is -2.08. The molecule has 1 fully saturated rings. The molecule has 1 N–H and O–H groups in total. The SMILES string of the molecule is CCOc1ccc(NC(=O)N2CCS[C@H]2c2cccn2C)cc1. The zero-order chi connectivity index (χ0) is 16.2. The smallest absolute Gasteiger partial charge is 0.323 e. The first-order valence-electron chi connectivity index (χ1n) is 7.72. The lowest BCUT2D eigenvalue weighted by atomic mass is 10.3. The Kier molecular flexibility index (Phi) is 4.81. The van der Waals surface area contributed by atoms with Gasteiger partial charge in [-0.1, -0.05) is 0 Å². The number of thioether (sulfide) groups is 1. The van der Waals surface area contributed by atoms with E-state index in [1.54, 1.807) is 11.8 Å². The van der Waals surface area contributed by atoms with Gasteiger partial charge in [0.15, 0.2) is 0 Å². The van der Waals surface area contributed by atoms with Crippen molar-refractivity contribution in [1.82, 2.24) is 9.47 Å². The quantitative estimate of drug-likeness (QED) is 0.929. The summed E-state index contributed by atoms with van der Waals surface area (Å²) in [5.41, 5.74) is 1.93. The Morgan fingerprint density at radius 3 is 2.78 bits per heavy atom. The van der Waals surface area contributed by atoms with E-state index in [1.165, 1.54) is 0 Å². The summed E-state index contributed by atoms with van der Waals surface area (Å²) in [6, 6.07) is 11.5. The predicted molar refractivity (Wildman–Crippen MR) is 93.9 cm³/mol. The number of hydrogen-bond donors (Lipinski definition) is 1. The van der Waals surface area contributed by atoms with Gasteiger partial charge in [-0.3, -0.25) is 0 Å². The van der Waals surface area contributed by atoms with Crippen LogP contribution in [0.1, 0.15) is 18.0 Å². The molecular weight excluding hydrogens is 310 g/mol. The lowest BCUT2D eigenvalue weighted by Gasteiger charge is -2.24. The highest BCUT2D eigenvalue weighted by molar-refractivity contribution is 7.99. The van der Waals surface area contributed by atoms with Crippen molar-refractivity contribution in [3.63, 3.8) is 0 Å². The maximum absolute atomic E-state index is 12.6. The third kappa shape index (κ3) is 3.47. The van der Waals surface area contributed by atoms with Crippen molar-refractivity contribution in [3.05, 3.63) is 48.3 Å². The van der Waals surface area contributed by atoms with Crippen LogP contribution < -0.4 is 10.1 Å². The molecule has 0 saturated carbocycles. The van der Waals surface area contributed by atoms with E-state index in [4.69, 9.17) is 4.74 Å². The van der Waals surface area contributed by atoms with Crippen molar-refractivity contribution in [2.75, 3.05) is 24.2 Å². The Morgan fingerprint density at radius 1 is 1.35 bits per heavy atom. The second-order valence-corrected chi connectivity index (χ2v) is 6.54. The zero-order valence-corrected chi connectivity index (χ0v) is 14.2. The summed E-state index contributed by atoms with van der Waals surface area (Å²) in [5.74, 6) is 1.76. The average Bonchev–Trinajstić information content (AvgIpc) is 3.17. The van der Waals surface area contributed by atoms with Crippen molar-refractivity contribution in [2.45, 2.75) is 12.3 Å². The molecule has 1 aliphatic rings. The van der Waals surface area contributed by atoms with E-state index in [1.807, 2.05) is 55.4 Å². The summed E-state index contributed by atoms with van der Waals surface area (Å²) in [4.78, 5) is 14.5. The molecule has 1 saturated heterocycles. The van der Waals surface area contributed by atoms with E-state index in [0.29, 0.717) is 6.61 Å². The van der Waals surface area contributed by atoms with E-state index in [9.17, 15) is 4.79 Å². The molecule has 0 spiro atoms. The fraction of sp³-hybridized carbons (Fsp3) is 0.353. The monoisotopic (exact) mass is 331 g/mol. The molecule has 6 heteroatoms. The summed E-state index contributed by atoms with van der Waals surface area (Å²) in [5, 5.41) is 3.04. The number of anilines is 1. The fourth-order valence-electron chi connectivity index (χ4n) is 2.65. The molecule has 1 aromatic carbocycles. The van der Waals surface area contributed by atoms with Crippen LogP contribution in [0.3, 0.4) is 0 Å². The number of nitrogens with one attached hydrogen (secondary N) is 1. The van der Waals surface area contributed by atoms with E-state index in [-0.39, 0.29) is 11.4 Å². The van der Waals surface area contributed by atoms with Crippen LogP contribution in [0.5, 0.6) is 5.75 Å². The van der Waals surface area contributed by atoms with Gasteiger partial charge in [0.05, 0.1) is 12.3 Å².